The van der Waals surface area contributed by atoms with E-state index in [0.717, 1.165) is 0 Å². The molecule has 2 rings (SSSR count). The first kappa shape index (κ1) is 15.7. The average Bonchev–Trinajstić information content (AvgIpc) is 2.50. The highest BCUT2D eigenvalue weighted by atomic mass is 16.6. The van der Waals surface area contributed by atoms with Crippen molar-refractivity contribution in [2.75, 3.05) is 6.61 Å². The van der Waals surface area contributed by atoms with Gasteiger partial charge >= 0.3 is 0 Å². The van der Waals surface area contributed by atoms with E-state index < -0.39 is 36.7 Å². The van der Waals surface area contributed by atoms with Crippen molar-refractivity contribution in [1.82, 2.24) is 0 Å². The number of hydrogen-bond donors (Lipinski definition) is 4. The van der Waals surface area contributed by atoms with Crippen LogP contribution in [0, 0.1) is 0 Å². The molecule has 1 aromatic rings. The standard InChI is InChI=1S/C13H17N3O5/c14-16-15-13(6-8-4-2-1-3-5-8)12(20)11(19)10(18)9(7-17)21-13/h1-5,9-12,17-20H,6-7H2/t9-,10-,11+,12-,13-/m1/s1. The van der Waals surface area contributed by atoms with Crippen LogP contribution in [0.25, 0.3) is 10.4 Å². The van der Waals surface area contributed by atoms with Gasteiger partial charge in [-0.05, 0) is 11.1 Å². The number of benzene rings is 1. The van der Waals surface area contributed by atoms with Gasteiger partial charge in [0.15, 0.2) is 5.72 Å². The van der Waals surface area contributed by atoms with Crippen molar-refractivity contribution in [2.45, 2.75) is 36.6 Å². The van der Waals surface area contributed by atoms with E-state index in [9.17, 15) is 20.4 Å². The SMILES string of the molecule is [N-]=[N+]=N[C@]1(Cc2ccccc2)O[C@H](CO)[C@@H](O)[C@H](O)[C@H]1O. The first-order chi connectivity index (χ1) is 10.0. The maximum absolute atomic E-state index is 10.2. The van der Waals surface area contributed by atoms with Crippen LogP contribution in [0.4, 0.5) is 0 Å². The van der Waals surface area contributed by atoms with E-state index in [2.05, 4.69) is 10.0 Å². The Morgan fingerprint density at radius 3 is 2.43 bits per heavy atom. The third-order valence-corrected chi connectivity index (χ3v) is 3.57. The summed E-state index contributed by atoms with van der Waals surface area (Å²) in [6.45, 7) is -0.581. The van der Waals surface area contributed by atoms with E-state index >= 15 is 0 Å². The lowest BCUT2D eigenvalue weighted by atomic mass is 9.87. The van der Waals surface area contributed by atoms with Gasteiger partial charge in [0.2, 0.25) is 0 Å². The molecule has 1 aliphatic heterocycles. The minimum absolute atomic E-state index is 0.000648. The van der Waals surface area contributed by atoms with Gasteiger partial charge in [-0.1, -0.05) is 35.4 Å². The fourth-order valence-corrected chi connectivity index (χ4v) is 2.45. The topological polar surface area (TPSA) is 139 Å². The molecule has 4 N–H and O–H groups in total. The molecule has 21 heavy (non-hydrogen) atoms. The molecule has 0 bridgehead atoms. The minimum Gasteiger partial charge on any atom is -0.394 e. The monoisotopic (exact) mass is 295 g/mol. The van der Waals surface area contributed by atoms with Gasteiger partial charge in [0.05, 0.1) is 6.61 Å². The molecule has 0 spiro atoms. The number of azide groups is 1. The van der Waals surface area contributed by atoms with Crippen LogP contribution < -0.4 is 0 Å². The van der Waals surface area contributed by atoms with E-state index in [4.69, 9.17) is 10.3 Å². The van der Waals surface area contributed by atoms with Gasteiger partial charge in [0, 0.05) is 11.3 Å². The second kappa shape index (κ2) is 6.40. The third kappa shape index (κ3) is 3.01. The summed E-state index contributed by atoms with van der Waals surface area (Å²) >= 11 is 0. The van der Waals surface area contributed by atoms with E-state index in [-0.39, 0.29) is 6.42 Å². The highest BCUT2D eigenvalue weighted by Gasteiger charge is 2.53. The maximum atomic E-state index is 10.2. The Balaban J connectivity index is 2.37. The van der Waals surface area contributed by atoms with Crippen molar-refractivity contribution in [2.24, 2.45) is 5.11 Å². The Hall–Kier alpha value is -1.67. The largest absolute Gasteiger partial charge is 0.394 e. The molecule has 0 aliphatic carbocycles. The number of aliphatic hydroxyl groups is 4. The highest BCUT2D eigenvalue weighted by Crippen LogP contribution is 2.34. The van der Waals surface area contributed by atoms with E-state index in [0.29, 0.717) is 5.56 Å². The third-order valence-electron chi connectivity index (χ3n) is 3.57. The molecule has 0 unspecified atom stereocenters. The van der Waals surface area contributed by atoms with Crippen molar-refractivity contribution >= 4 is 0 Å². The summed E-state index contributed by atoms with van der Waals surface area (Å²) in [4.78, 5) is 2.67. The van der Waals surface area contributed by atoms with Crippen LogP contribution in [0.5, 0.6) is 0 Å². The maximum Gasteiger partial charge on any atom is 0.179 e. The van der Waals surface area contributed by atoms with Crippen LogP contribution in [0.2, 0.25) is 0 Å². The zero-order valence-corrected chi connectivity index (χ0v) is 11.1. The molecule has 1 fully saturated rings. The van der Waals surface area contributed by atoms with E-state index in [1.54, 1.807) is 30.3 Å². The first-order valence-electron chi connectivity index (χ1n) is 6.47. The van der Waals surface area contributed by atoms with Crippen LogP contribution >= 0.6 is 0 Å². The molecule has 0 aromatic heterocycles. The summed E-state index contributed by atoms with van der Waals surface area (Å²) in [6, 6.07) is 8.83. The number of rotatable bonds is 4. The smallest absolute Gasteiger partial charge is 0.179 e. The lowest BCUT2D eigenvalue weighted by Crippen LogP contribution is -2.65. The summed E-state index contributed by atoms with van der Waals surface area (Å²) in [5.41, 5.74) is 7.67. The molecule has 8 nitrogen and oxygen atoms in total. The molecule has 8 heteroatoms. The molecule has 1 saturated heterocycles. The van der Waals surface area contributed by atoms with E-state index in [1.165, 1.54) is 0 Å². The number of hydrogen-bond acceptors (Lipinski definition) is 6. The molecular formula is C13H17N3O5. The Kier molecular flexibility index (Phi) is 4.79. The summed E-state index contributed by atoms with van der Waals surface area (Å²) in [5, 5.41) is 42.6. The summed E-state index contributed by atoms with van der Waals surface area (Å²) < 4.78 is 5.43. The summed E-state index contributed by atoms with van der Waals surface area (Å²) in [5.74, 6) is 0. The van der Waals surface area contributed by atoms with E-state index in [1.807, 2.05) is 0 Å². The molecule has 114 valence electrons. The Bertz CT molecular complexity index is 520. The van der Waals surface area contributed by atoms with Gasteiger partial charge in [-0.15, -0.1) is 0 Å². The quantitative estimate of drug-likeness (QED) is 0.343. The fourth-order valence-electron chi connectivity index (χ4n) is 2.45. The number of aliphatic hydroxyl groups excluding tert-OH is 4. The van der Waals surface area contributed by atoms with Crippen LogP contribution in [-0.2, 0) is 11.2 Å². The van der Waals surface area contributed by atoms with Gasteiger partial charge in [-0.2, -0.15) is 0 Å². The normalized spacial score (nSPS) is 36.0. The molecule has 0 saturated carbocycles. The molecule has 5 atom stereocenters. The van der Waals surface area contributed by atoms with Crippen LogP contribution in [0.1, 0.15) is 5.56 Å². The van der Waals surface area contributed by atoms with Crippen molar-refractivity contribution in [1.29, 1.82) is 0 Å². The lowest BCUT2D eigenvalue weighted by molar-refractivity contribution is -0.271. The summed E-state index contributed by atoms with van der Waals surface area (Å²) in [6.07, 6.45) is -5.84. The molecule has 1 aromatic carbocycles. The van der Waals surface area contributed by atoms with Gasteiger partial charge in [0.25, 0.3) is 0 Å². The minimum atomic E-state index is -1.79. The van der Waals surface area contributed by atoms with Crippen molar-refractivity contribution in [3.8, 4) is 0 Å². The molecule has 1 heterocycles. The van der Waals surface area contributed by atoms with Crippen molar-refractivity contribution in [3.05, 3.63) is 46.3 Å². The summed E-state index contributed by atoms with van der Waals surface area (Å²) in [7, 11) is 0. The molecule has 1 aliphatic rings. The van der Waals surface area contributed by atoms with Crippen molar-refractivity contribution in [3.63, 3.8) is 0 Å². The molecular weight excluding hydrogens is 278 g/mol. The van der Waals surface area contributed by atoms with Crippen LogP contribution in [0.3, 0.4) is 0 Å². The van der Waals surface area contributed by atoms with Crippen LogP contribution in [0.15, 0.2) is 35.4 Å². The van der Waals surface area contributed by atoms with Crippen LogP contribution in [-0.4, -0.2) is 57.2 Å². The van der Waals surface area contributed by atoms with Gasteiger partial charge < -0.3 is 25.2 Å². The zero-order chi connectivity index (χ0) is 15.5. The molecule has 0 amide bonds. The number of ether oxygens (including phenoxy) is 1. The Morgan fingerprint density at radius 2 is 1.86 bits per heavy atom. The van der Waals surface area contributed by atoms with Gasteiger partial charge in [-0.3, -0.25) is 0 Å². The fraction of sp³-hybridized carbons (Fsp3) is 0.538. The Morgan fingerprint density at radius 1 is 1.19 bits per heavy atom. The predicted octanol–water partition coefficient (Wildman–Crippen LogP) is -0.291. The highest BCUT2D eigenvalue weighted by molar-refractivity contribution is 5.19. The Labute approximate surface area is 120 Å². The molecule has 0 radical (unpaired) electrons. The number of nitrogens with zero attached hydrogens (tertiary/aromatic N) is 3. The average molecular weight is 295 g/mol. The van der Waals surface area contributed by atoms with Gasteiger partial charge in [-0.25, -0.2) is 0 Å². The second-order valence-corrected chi connectivity index (χ2v) is 4.96. The predicted molar refractivity (Wildman–Crippen MR) is 72.0 cm³/mol. The van der Waals surface area contributed by atoms with Gasteiger partial charge in [0.1, 0.15) is 24.4 Å². The lowest BCUT2D eigenvalue weighted by Gasteiger charge is -2.46. The first-order valence-corrected chi connectivity index (χ1v) is 6.47. The second-order valence-electron chi connectivity index (χ2n) is 4.96. The van der Waals surface area contributed by atoms with Crippen molar-refractivity contribution < 1.29 is 25.2 Å². The zero-order valence-electron chi connectivity index (χ0n) is 11.1.